The summed E-state index contributed by atoms with van der Waals surface area (Å²) < 4.78 is 0. The molecule has 0 aromatic rings. The summed E-state index contributed by atoms with van der Waals surface area (Å²) in [5.74, 6) is 0.866. The van der Waals surface area contributed by atoms with Crippen LogP contribution in [0.1, 0.15) is 20.8 Å². The molecule has 1 saturated heterocycles. The molecule has 0 amide bonds. The van der Waals surface area contributed by atoms with E-state index in [1.807, 2.05) is 13.8 Å². The van der Waals surface area contributed by atoms with Gasteiger partial charge in [-0.1, -0.05) is 13.8 Å². The van der Waals surface area contributed by atoms with Gasteiger partial charge in [0.05, 0.1) is 0 Å². The smallest absolute Gasteiger partial charge is 0.141 e. The minimum absolute atomic E-state index is 0.212. The third-order valence-electron chi connectivity index (χ3n) is 2.92. The predicted molar refractivity (Wildman–Crippen MR) is 45.4 cm³/mol. The second-order valence-electron chi connectivity index (χ2n) is 3.77. The maximum Gasteiger partial charge on any atom is 0.141 e. The lowest BCUT2D eigenvalue weighted by Crippen LogP contribution is -2.48. The third-order valence-corrected chi connectivity index (χ3v) is 2.92. The van der Waals surface area contributed by atoms with E-state index in [2.05, 4.69) is 18.9 Å². The summed E-state index contributed by atoms with van der Waals surface area (Å²) in [4.78, 5) is 13.7. The van der Waals surface area contributed by atoms with Crippen molar-refractivity contribution in [3.63, 3.8) is 0 Å². The standard InChI is InChI=1S/C9H17NO/c1-6-5-10(4)8(3)7(2)9(6)11/h6-8H,5H2,1-4H3. The lowest BCUT2D eigenvalue weighted by molar-refractivity contribution is -0.131. The Hall–Kier alpha value is -0.370. The van der Waals surface area contributed by atoms with E-state index in [1.54, 1.807) is 0 Å². The number of carbonyl (C=O) groups excluding carboxylic acids is 1. The fourth-order valence-electron chi connectivity index (χ4n) is 1.76. The molecule has 1 rings (SSSR count). The van der Waals surface area contributed by atoms with Crippen molar-refractivity contribution in [2.24, 2.45) is 11.8 Å². The van der Waals surface area contributed by atoms with Crippen molar-refractivity contribution in [2.45, 2.75) is 26.8 Å². The van der Waals surface area contributed by atoms with Crippen LogP contribution < -0.4 is 0 Å². The Balaban J connectivity index is 2.70. The molecule has 3 atom stereocenters. The van der Waals surface area contributed by atoms with Crippen LogP contribution in [0.4, 0.5) is 0 Å². The highest BCUT2D eigenvalue weighted by Crippen LogP contribution is 2.21. The van der Waals surface area contributed by atoms with Gasteiger partial charge in [0.15, 0.2) is 0 Å². The van der Waals surface area contributed by atoms with Crippen LogP contribution in [0.5, 0.6) is 0 Å². The fraction of sp³-hybridized carbons (Fsp3) is 0.889. The molecule has 0 N–H and O–H groups in total. The number of Topliss-reactive ketones (excluding diaryl/α,β-unsaturated/α-hetero) is 1. The number of piperidine rings is 1. The topological polar surface area (TPSA) is 20.3 Å². The van der Waals surface area contributed by atoms with Gasteiger partial charge in [0.2, 0.25) is 0 Å². The van der Waals surface area contributed by atoms with E-state index < -0.39 is 0 Å². The van der Waals surface area contributed by atoms with Crippen LogP contribution in [0.3, 0.4) is 0 Å². The van der Waals surface area contributed by atoms with Crippen molar-refractivity contribution in [3.05, 3.63) is 0 Å². The molecule has 0 saturated carbocycles. The van der Waals surface area contributed by atoms with Gasteiger partial charge in [-0.3, -0.25) is 4.79 Å². The molecule has 1 aliphatic rings. The molecule has 2 nitrogen and oxygen atoms in total. The monoisotopic (exact) mass is 155 g/mol. The number of carbonyl (C=O) groups is 1. The summed E-state index contributed by atoms with van der Waals surface area (Å²) in [6, 6.07) is 0.415. The minimum atomic E-state index is 0.212. The highest BCUT2D eigenvalue weighted by atomic mass is 16.1. The minimum Gasteiger partial charge on any atom is -0.302 e. The number of rotatable bonds is 0. The van der Waals surface area contributed by atoms with E-state index in [0.717, 1.165) is 6.54 Å². The van der Waals surface area contributed by atoms with Crippen molar-refractivity contribution in [1.82, 2.24) is 4.90 Å². The van der Waals surface area contributed by atoms with Crippen LogP contribution in [0.15, 0.2) is 0 Å². The van der Waals surface area contributed by atoms with Crippen molar-refractivity contribution < 1.29 is 4.79 Å². The van der Waals surface area contributed by atoms with Gasteiger partial charge in [-0.25, -0.2) is 0 Å². The Kier molecular flexibility index (Phi) is 2.33. The number of hydrogen-bond acceptors (Lipinski definition) is 2. The van der Waals surface area contributed by atoms with Crippen LogP contribution in [-0.2, 0) is 4.79 Å². The molecule has 1 fully saturated rings. The Morgan fingerprint density at radius 3 is 2.45 bits per heavy atom. The number of hydrogen-bond donors (Lipinski definition) is 0. The van der Waals surface area contributed by atoms with Crippen LogP contribution in [-0.4, -0.2) is 30.3 Å². The summed E-state index contributed by atoms with van der Waals surface area (Å²) >= 11 is 0. The Bertz CT molecular complexity index is 167. The summed E-state index contributed by atoms with van der Waals surface area (Å²) in [6.07, 6.45) is 0. The van der Waals surface area contributed by atoms with Crippen molar-refractivity contribution >= 4 is 5.78 Å². The van der Waals surface area contributed by atoms with Crippen LogP contribution in [0.25, 0.3) is 0 Å². The van der Waals surface area contributed by atoms with E-state index in [0.29, 0.717) is 11.8 Å². The average molecular weight is 155 g/mol. The molecule has 1 heterocycles. The summed E-state index contributed by atoms with van der Waals surface area (Å²) in [6.45, 7) is 7.08. The van der Waals surface area contributed by atoms with Gasteiger partial charge < -0.3 is 4.90 Å². The van der Waals surface area contributed by atoms with Crippen LogP contribution in [0.2, 0.25) is 0 Å². The second kappa shape index (κ2) is 2.94. The SMILES string of the molecule is CC1CN(C)C(C)C(C)C1=O. The van der Waals surface area contributed by atoms with Crippen LogP contribution in [0, 0.1) is 11.8 Å². The number of likely N-dealkylation sites (tertiary alicyclic amines) is 1. The van der Waals surface area contributed by atoms with Crippen molar-refractivity contribution in [3.8, 4) is 0 Å². The van der Waals surface area contributed by atoms with Crippen LogP contribution >= 0.6 is 0 Å². The molecule has 0 aliphatic carbocycles. The maximum absolute atomic E-state index is 11.5. The lowest BCUT2D eigenvalue weighted by atomic mass is 9.85. The van der Waals surface area contributed by atoms with Gasteiger partial charge in [0.1, 0.15) is 5.78 Å². The average Bonchev–Trinajstić information content (AvgIpc) is 1.97. The fourth-order valence-corrected chi connectivity index (χ4v) is 1.76. The number of ketones is 1. The molecule has 0 aromatic carbocycles. The largest absolute Gasteiger partial charge is 0.302 e. The van der Waals surface area contributed by atoms with Gasteiger partial charge in [-0.15, -0.1) is 0 Å². The maximum atomic E-state index is 11.5. The van der Waals surface area contributed by atoms with Crippen molar-refractivity contribution in [1.29, 1.82) is 0 Å². The van der Waals surface area contributed by atoms with E-state index in [-0.39, 0.29) is 11.8 Å². The lowest BCUT2D eigenvalue weighted by Gasteiger charge is -2.37. The summed E-state index contributed by atoms with van der Waals surface area (Å²) in [5.41, 5.74) is 0. The Labute approximate surface area is 68.6 Å². The molecule has 0 bridgehead atoms. The first-order chi connectivity index (χ1) is 5.04. The quantitative estimate of drug-likeness (QED) is 0.523. The molecule has 1 aliphatic heterocycles. The third kappa shape index (κ3) is 1.45. The Morgan fingerprint density at radius 2 is 1.91 bits per heavy atom. The highest BCUT2D eigenvalue weighted by Gasteiger charge is 2.33. The molecular formula is C9H17NO. The Morgan fingerprint density at radius 1 is 1.36 bits per heavy atom. The van der Waals surface area contributed by atoms with Gasteiger partial charge >= 0.3 is 0 Å². The molecule has 64 valence electrons. The van der Waals surface area contributed by atoms with Gasteiger partial charge in [-0.2, -0.15) is 0 Å². The van der Waals surface area contributed by atoms with E-state index in [4.69, 9.17) is 0 Å². The zero-order chi connectivity index (χ0) is 8.59. The zero-order valence-electron chi connectivity index (χ0n) is 7.79. The molecule has 0 spiro atoms. The van der Waals surface area contributed by atoms with E-state index in [9.17, 15) is 4.79 Å². The molecular weight excluding hydrogens is 138 g/mol. The number of nitrogens with zero attached hydrogens (tertiary/aromatic N) is 1. The van der Waals surface area contributed by atoms with E-state index in [1.165, 1.54) is 0 Å². The first-order valence-electron chi connectivity index (χ1n) is 4.28. The van der Waals surface area contributed by atoms with Crippen molar-refractivity contribution in [2.75, 3.05) is 13.6 Å². The summed E-state index contributed by atoms with van der Waals surface area (Å²) in [5, 5.41) is 0. The molecule has 0 radical (unpaired) electrons. The van der Waals surface area contributed by atoms with Gasteiger partial charge in [0.25, 0.3) is 0 Å². The van der Waals surface area contributed by atoms with E-state index >= 15 is 0 Å². The molecule has 3 unspecified atom stereocenters. The first-order valence-corrected chi connectivity index (χ1v) is 4.28. The van der Waals surface area contributed by atoms with Gasteiger partial charge in [-0.05, 0) is 14.0 Å². The van der Waals surface area contributed by atoms with Gasteiger partial charge in [0, 0.05) is 24.4 Å². The molecule has 0 aromatic heterocycles. The zero-order valence-corrected chi connectivity index (χ0v) is 7.79. The molecule has 11 heavy (non-hydrogen) atoms. The second-order valence-corrected chi connectivity index (χ2v) is 3.77. The first kappa shape index (κ1) is 8.72. The summed E-state index contributed by atoms with van der Waals surface area (Å²) in [7, 11) is 2.09. The normalized spacial score (nSPS) is 41.1. The predicted octanol–water partition coefficient (Wildman–Crippen LogP) is 1.16. The highest BCUT2D eigenvalue weighted by molar-refractivity contribution is 5.84. The molecule has 2 heteroatoms.